The fourth-order valence-corrected chi connectivity index (χ4v) is 3.01. The molecule has 0 aromatic heterocycles. The lowest BCUT2D eigenvalue weighted by Crippen LogP contribution is -2.15. The summed E-state index contributed by atoms with van der Waals surface area (Å²) in [5.41, 5.74) is 0. The highest BCUT2D eigenvalue weighted by Gasteiger charge is 2.04. The summed E-state index contributed by atoms with van der Waals surface area (Å²) in [4.78, 5) is 21.8. The Morgan fingerprint density at radius 1 is 0.531 bits per heavy atom. The number of carbonyl (C=O) groups excluding carboxylic acids is 1. The normalized spacial score (nSPS) is 11.0. The van der Waals surface area contributed by atoms with Crippen molar-refractivity contribution in [3.63, 3.8) is 0 Å². The van der Waals surface area contributed by atoms with E-state index in [9.17, 15) is 9.59 Å². The van der Waals surface area contributed by atoms with Gasteiger partial charge < -0.3 is 33.5 Å². The Morgan fingerprint density at radius 2 is 0.969 bits per heavy atom. The van der Waals surface area contributed by atoms with Crippen LogP contribution in [0.25, 0.3) is 0 Å². The van der Waals surface area contributed by atoms with Crippen molar-refractivity contribution in [1.82, 2.24) is 0 Å². The summed E-state index contributed by atoms with van der Waals surface area (Å²) in [6, 6.07) is 0. The van der Waals surface area contributed by atoms with E-state index in [0.29, 0.717) is 72.3 Å². The van der Waals surface area contributed by atoms with Crippen molar-refractivity contribution < 1.29 is 43.1 Å². The van der Waals surface area contributed by atoms with Crippen molar-refractivity contribution in [2.45, 2.75) is 51.4 Å². The Morgan fingerprint density at radius 3 is 1.47 bits per heavy atom. The van der Waals surface area contributed by atoms with Gasteiger partial charge in [0.05, 0.1) is 59.5 Å². The maximum atomic E-state index is 11.4. The van der Waals surface area contributed by atoms with Gasteiger partial charge >= 0.3 is 11.9 Å². The maximum Gasteiger partial charge on any atom is 0.305 e. The van der Waals surface area contributed by atoms with E-state index in [1.807, 2.05) is 0 Å². The van der Waals surface area contributed by atoms with E-state index in [2.05, 4.69) is 22.6 Å². The van der Waals surface area contributed by atoms with Gasteiger partial charge in [0.25, 0.3) is 0 Å². The molecule has 0 saturated carbocycles. The Hall–Kier alpha value is -0.530. The Bertz CT molecular complexity index is 424. The van der Waals surface area contributed by atoms with Crippen molar-refractivity contribution in [3.05, 3.63) is 0 Å². The third kappa shape index (κ3) is 27.5. The third-order valence-electron chi connectivity index (χ3n) is 4.17. The highest BCUT2D eigenvalue weighted by molar-refractivity contribution is 14.1. The summed E-state index contributed by atoms with van der Waals surface area (Å²) < 4.78 is 33.3. The molecule has 0 aromatic rings. The number of hydrogen-bond acceptors (Lipinski definition) is 8. The molecule has 9 nitrogen and oxygen atoms in total. The van der Waals surface area contributed by atoms with Gasteiger partial charge in [-0.1, -0.05) is 35.4 Å². The molecule has 0 saturated heterocycles. The van der Waals surface area contributed by atoms with E-state index in [1.165, 1.54) is 23.7 Å². The molecule has 0 atom stereocenters. The van der Waals surface area contributed by atoms with E-state index in [0.717, 1.165) is 13.0 Å². The highest BCUT2D eigenvalue weighted by Crippen LogP contribution is 2.02. The number of rotatable bonds is 26. The Labute approximate surface area is 205 Å². The van der Waals surface area contributed by atoms with Gasteiger partial charge in [0, 0.05) is 19.4 Å². The summed E-state index contributed by atoms with van der Waals surface area (Å²) in [7, 11) is 0. The van der Waals surface area contributed by atoms with Gasteiger partial charge in [-0.2, -0.15) is 0 Å². The molecule has 0 unspecified atom stereocenters. The van der Waals surface area contributed by atoms with Crippen LogP contribution in [-0.2, 0) is 38.0 Å². The van der Waals surface area contributed by atoms with Crippen LogP contribution < -0.4 is 0 Å². The van der Waals surface area contributed by atoms with Crippen molar-refractivity contribution in [2.75, 3.05) is 77.1 Å². The first-order chi connectivity index (χ1) is 15.7. The zero-order valence-corrected chi connectivity index (χ0v) is 21.4. The van der Waals surface area contributed by atoms with Gasteiger partial charge in [-0.25, -0.2) is 0 Å². The highest BCUT2D eigenvalue weighted by atomic mass is 127. The molecule has 10 heteroatoms. The van der Waals surface area contributed by atoms with Crippen LogP contribution in [0, 0.1) is 0 Å². The number of alkyl halides is 1. The lowest BCUT2D eigenvalue weighted by molar-refractivity contribution is -0.146. The van der Waals surface area contributed by atoms with Gasteiger partial charge in [0.1, 0.15) is 6.61 Å². The second-order valence-electron chi connectivity index (χ2n) is 6.99. The molecular formula is C22H41IO9. The third-order valence-corrected chi connectivity index (χ3v) is 4.94. The van der Waals surface area contributed by atoms with Gasteiger partial charge in [0.15, 0.2) is 0 Å². The molecule has 0 aliphatic heterocycles. The molecule has 0 amide bonds. The zero-order valence-electron chi connectivity index (χ0n) is 19.2. The van der Waals surface area contributed by atoms with Crippen LogP contribution in [0.1, 0.15) is 51.4 Å². The number of halogens is 1. The molecule has 0 aromatic carbocycles. The van der Waals surface area contributed by atoms with Crippen LogP contribution in [0.5, 0.6) is 0 Å². The molecule has 0 fully saturated rings. The van der Waals surface area contributed by atoms with Crippen molar-refractivity contribution >= 4 is 34.5 Å². The first-order valence-electron chi connectivity index (χ1n) is 11.5. The molecule has 0 bridgehead atoms. The number of carboxylic acids is 1. The zero-order chi connectivity index (χ0) is 23.5. The van der Waals surface area contributed by atoms with Crippen LogP contribution in [0.15, 0.2) is 0 Å². The minimum Gasteiger partial charge on any atom is -0.481 e. The monoisotopic (exact) mass is 576 g/mol. The topological polar surface area (TPSA) is 110 Å². The summed E-state index contributed by atoms with van der Waals surface area (Å²) >= 11 is 2.41. The predicted molar refractivity (Wildman–Crippen MR) is 129 cm³/mol. The van der Waals surface area contributed by atoms with E-state index < -0.39 is 5.97 Å². The van der Waals surface area contributed by atoms with E-state index >= 15 is 0 Å². The summed E-state index contributed by atoms with van der Waals surface area (Å²) in [5, 5.41) is 8.51. The number of esters is 1. The van der Waals surface area contributed by atoms with E-state index in [-0.39, 0.29) is 25.4 Å². The second kappa shape index (κ2) is 26.7. The van der Waals surface area contributed by atoms with Crippen LogP contribution in [0.4, 0.5) is 0 Å². The van der Waals surface area contributed by atoms with Crippen molar-refractivity contribution in [1.29, 1.82) is 0 Å². The maximum absolute atomic E-state index is 11.4. The molecule has 1 N–H and O–H groups in total. The molecule has 0 aliphatic rings. The molecule has 0 radical (unpaired) electrons. The summed E-state index contributed by atoms with van der Waals surface area (Å²) in [5.74, 6) is -1.18. The molecule has 0 heterocycles. The Balaban J connectivity index is 3.10. The van der Waals surface area contributed by atoms with Crippen LogP contribution in [0.2, 0.25) is 0 Å². The fraction of sp³-hybridized carbons (Fsp3) is 0.909. The molecule has 0 aliphatic carbocycles. The first kappa shape index (κ1) is 31.5. The molecule has 0 spiro atoms. The minimum atomic E-state index is -0.853. The predicted octanol–water partition coefficient (Wildman–Crippen LogP) is 3.25. The molecular weight excluding hydrogens is 535 g/mol. The quantitative estimate of drug-likeness (QED) is 0.0719. The lowest BCUT2D eigenvalue weighted by atomic mass is 10.2. The smallest absolute Gasteiger partial charge is 0.305 e. The summed E-state index contributed by atoms with van der Waals surface area (Å²) in [6.45, 7) is 5.42. The van der Waals surface area contributed by atoms with Gasteiger partial charge in [0.2, 0.25) is 0 Å². The van der Waals surface area contributed by atoms with E-state index in [4.69, 9.17) is 33.5 Å². The average Bonchev–Trinajstić information content (AvgIpc) is 2.77. The number of aliphatic carboxylic acids is 1. The number of unbranched alkanes of at least 4 members (excludes halogenated alkanes) is 4. The van der Waals surface area contributed by atoms with E-state index in [1.54, 1.807) is 0 Å². The number of ether oxygens (including phenoxy) is 6. The van der Waals surface area contributed by atoms with Crippen molar-refractivity contribution in [2.24, 2.45) is 0 Å². The van der Waals surface area contributed by atoms with Crippen LogP contribution in [0.3, 0.4) is 0 Å². The lowest BCUT2D eigenvalue weighted by Gasteiger charge is -2.08. The number of carbonyl (C=O) groups is 2. The average molecular weight is 576 g/mol. The Kier molecular flexibility index (Phi) is 26.3. The molecule has 190 valence electrons. The first-order valence-corrected chi connectivity index (χ1v) is 13.0. The van der Waals surface area contributed by atoms with Crippen LogP contribution in [-0.4, -0.2) is 94.1 Å². The molecule has 32 heavy (non-hydrogen) atoms. The van der Waals surface area contributed by atoms with Crippen molar-refractivity contribution in [3.8, 4) is 0 Å². The van der Waals surface area contributed by atoms with Gasteiger partial charge in [-0.15, -0.1) is 0 Å². The SMILES string of the molecule is O=C(O)CCCCC(=O)OCCOCCOCCOCCOCCOCCCCCCI. The van der Waals surface area contributed by atoms with Gasteiger partial charge in [-0.05, 0) is 30.1 Å². The largest absolute Gasteiger partial charge is 0.481 e. The minimum absolute atomic E-state index is 0.0733. The molecule has 0 rings (SSSR count). The summed E-state index contributed by atoms with van der Waals surface area (Å²) in [6.07, 6.45) is 6.23. The standard InChI is InChI=1S/C22H41IO9/c23-9-5-1-2-6-10-27-11-12-28-13-14-29-15-16-30-17-18-31-19-20-32-22(26)8-4-3-7-21(24)25/h1-20H2,(H,24,25). The number of carboxylic acid groups (broad SMARTS) is 1. The van der Waals surface area contributed by atoms with Crippen LogP contribution >= 0.6 is 22.6 Å². The second-order valence-corrected chi connectivity index (χ2v) is 8.07. The fourth-order valence-electron chi connectivity index (χ4n) is 2.47. The van der Waals surface area contributed by atoms with Gasteiger partial charge in [-0.3, -0.25) is 9.59 Å². The number of hydrogen-bond donors (Lipinski definition) is 1.